The molecule has 0 aromatic heterocycles. The van der Waals surface area contributed by atoms with Crippen LogP contribution in [0.3, 0.4) is 0 Å². The normalized spacial score (nSPS) is 13.0. The van der Waals surface area contributed by atoms with E-state index in [0.717, 1.165) is 0 Å². The fourth-order valence-electron chi connectivity index (χ4n) is 0.888. The molecule has 1 aromatic carbocycles. The van der Waals surface area contributed by atoms with Gasteiger partial charge in [0.2, 0.25) is 0 Å². The van der Waals surface area contributed by atoms with Gasteiger partial charge >= 0.3 is 0 Å². The van der Waals surface area contributed by atoms with Gasteiger partial charge in [-0.05, 0) is 0 Å². The fourth-order valence-corrected chi connectivity index (χ4v) is 1.18. The summed E-state index contributed by atoms with van der Waals surface area (Å²) < 4.78 is -2.18. The van der Waals surface area contributed by atoms with Gasteiger partial charge in [0.05, 0.1) is 0 Å². The zero-order valence-electron chi connectivity index (χ0n) is 6.48. The Labute approximate surface area is 85.2 Å². The highest BCUT2D eigenvalue weighted by Crippen LogP contribution is 2.23. The van der Waals surface area contributed by atoms with Crippen LogP contribution in [-0.4, -0.2) is 20.5 Å². The molecule has 0 aliphatic heterocycles. The van der Waals surface area contributed by atoms with Crippen molar-refractivity contribution in [2.75, 3.05) is 0 Å². The third kappa shape index (κ3) is 2.59. The van der Waals surface area contributed by atoms with E-state index in [-0.39, 0.29) is 5.71 Å². The molecule has 2 N–H and O–H groups in total. The summed E-state index contributed by atoms with van der Waals surface area (Å²) in [4.78, 5) is 0. The molecule has 0 saturated heterocycles. The van der Waals surface area contributed by atoms with Gasteiger partial charge < -0.3 is 10.3 Å². The average Bonchev–Trinajstić information content (AvgIpc) is 2.05. The lowest BCUT2D eigenvalue weighted by Crippen LogP contribution is -2.26. The minimum atomic E-state index is -2.18. The Kier molecular flexibility index (Phi) is 3.14. The predicted molar refractivity (Wildman–Crippen MR) is 51.4 cm³/mol. The van der Waals surface area contributed by atoms with Crippen molar-refractivity contribution in [2.45, 2.75) is 4.52 Å². The molecule has 13 heavy (non-hydrogen) atoms. The second kappa shape index (κ2) is 3.96. The maximum Gasteiger partial charge on any atom is 0.263 e. The number of nitrogens with zero attached hydrogens (tertiary/aromatic N) is 1. The Morgan fingerprint density at radius 1 is 1.23 bits per heavy atom. The van der Waals surface area contributed by atoms with Crippen LogP contribution in [0.4, 0.5) is 0 Å². The van der Waals surface area contributed by atoms with Gasteiger partial charge in [0.25, 0.3) is 4.52 Å². The number of oxime groups is 1. The summed E-state index contributed by atoms with van der Waals surface area (Å²) in [7, 11) is 0. The monoisotopic (exact) mass is 219 g/mol. The minimum Gasteiger partial charge on any atom is -0.410 e. The number of hydrogen-bond donors (Lipinski definition) is 2. The zero-order valence-corrected chi connectivity index (χ0v) is 8.00. The van der Waals surface area contributed by atoms with Crippen LogP contribution >= 0.6 is 23.2 Å². The molecule has 0 saturated carbocycles. The Hall–Kier alpha value is -0.770. The van der Waals surface area contributed by atoms with Crippen molar-refractivity contribution < 1.29 is 10.3 Å². The molecule has 70 valence electrons. The lowest BCUT2D eigenvalue weighted by atomic mass is 10.1. The first kappa shape index (κ1) is 10.3. The average molecular weight is 220 g/mol. The molecule has 5 heteroatoms. The van der Waals surface area contributed by atoms with Gasteiger partial charge in [0.1, 0.15) is 5.71 Å². The van der Waals surface area contributed by atoms with E-state index in [1.165, 1.54) is 0 Å². The summed E-state index contributed by atoms with van der Waals surface area (Å²) in [6.07, 6.45) is 0. The number of rotatable bonds is 2. The second-order valence-electron chi connectivity index (χ2n) is 2.36. The SMILES string of the molecule is ON=C(c1ccccc1)C(O)(Cl)Cl. The van der Waals surface area contributed by atoms with Crippen LogP contribution in [-0.2, 0) is 0 Å². The summed E-state index contributed by atoms with van der Waals surface area (Å²) in [5.74, 6) is 0. The van der Waals surface area contributed by atoms with Gasteiger partial charge in [-0.25, -0.2) is 0 Å². The molecule has 0 amide bonds. The molecular formula is C8H7Cl2NO2. The molecular weight excluding hydrogens is 213 g/mol. The van der Waals surface area contributed by atoms with E-state index in [1.807, 2.05) is 0 Å². The van der Waals surface area contributed by atoms with Gasteiger partial charge in [-0.3, -0.25) is 0 Å². The Balaban J connectivity index is 3.08. The van der Waals surface area contributed by atoms with Crippen molar-refractivity contribution in [3.63, 3.8) is 0 Å². The first-order valence-corrected chi connectivity index (χ1v) is 4.19. The third-order valence-electron chi connectivity index (χ3n) is 1.43. The maximum atomic E-state index is 9.17. The quantitative estimate of drug-likeness (QED) is 0.346. The smallest absolute Gasteiger partial charge is 0.263 e. The van der Waals surface area contributed by atoms with Crippen LogP contribution in [0.15, 0.2) is 35.5 Å². The van der Waals surface area contributed by atoms with Gasteiger partial charge in [-0.15, -0.1) is 0 Å². The highest BCUT2D eigenvalue weighted by Gasteiger charge is 2.29. The van der Waals surface area contributed by atoms with E-state index in [4.69, 9.17) is 28.4 Å². The fraction of sp³-hybridized carbons (Fsp3) is 0.125. The Morgan fingerprint density at radius 3 is 2.15 bits per heavy atom. The number of halogens is 2. The van der Waals surface area contributed by atoms with E-state index < -0.39 is 4.52 Å². The zero-order chi connectivity index (χ0) is 9.90. The van der Waals surface area contributed by atoms with Crippen molar-refractivity contribution in [2.24, 2.45) is 5.16 Å². The van der Waals surface area contributed by atoms with E-state index >= 15 is 0 Å². The molecule has 0 unspecified atom stereocenters. The molecule has 0 atom stereocenters. The Morgan fingerprint density at radius 2 is 1.77 bits per heavy atom. The van der Waals surface area contributed by atoms with Gasteiger partial charge in [0, 0.05) is 5.56 Å². The molecule has 0 radical (unpaired) electrons. The molecule has 0 spiro atoms. The van der Waals surface area contributed by atoms with Gasteiger partial charge in [-0.1, -0.05) is 58.7 Å². The highest BCUT2D eigenvalue weighted by atomic mass is 35.5. The number of alkyl halides is 2. The van der Waals surface area contributed by atoms with E-state index in [2.05, 4.69) is 5.16 Å². The number of benzene rings is 1. The molecule has 1 rings (SSSR count). The van der Waals surface area contributed by atoms with E-state index in [0.29, 0.717) is 5.56 Å². The molecule has 0 fully saturated rings. The molecule has 3 nitrogen and oxygen atoms in total. The van der Waals surface area contributed by atoms with Crippen LogP contribution < -0.4 is 0 Å². The van der Waals surface area contributed by atoms with Crippen molar-refractivity contribution in [3.05, 3.63) is 35.9 Å². The number of aliphatic hydroxyl groups is 1. The van der Waals surface area contributed by atoms with E-state index in [1.54, 1.807) is 30.3 Å². The van der Waals surface area contributed by atoms with Crippen LogP contribution in [0.2, 0.25) is 0 Å². The molecule has 0 heterocycles. The predicted octanol–water partition coefficient (Wildman–Crippen LogP) is 1.99. The maximum absolute atomic E-state index is 9.17. The molecule has 1 aromatic rings. The van der Waals surface area contributed by atoms with Crippen LogP contribution in [0, 0.1) is 0 Å². The third-order valence-corrected chi connectivity index (χ3v) is 1.79. The summed E-state index contributed by atoms with van der Waals surface area (Å²) in [6.45, 7) is 0. The lowest BCUT2D eigenvalue weighted by molar-refractivity contribution is 0.264. The standard InChI is InChI=1S/C8H7Cl2NO2/c9-8(10,12)7(11-13)6-4-2-1-3-5-6/h1-5,12-13H. The summed E-state index contributed by atoms with van der Waals surface area (Å²) in [6, 6.07) is 8.43. The number of hydrogen-bond acceptors (Lipinski definition) is 3. The van der Waals surface area contributed by atoms with Crippen LogP contribution in [0.25, 0.3) is 0 Å². The van der Waals surface area contributed by atoms with Crippen molar-refractivity contribution >= 4 is 28.9 Å². The first-order chi connectivity index (χ1) is 6.05. The summed E-state index contributed by atoms with van der Waals surface area (Å²) in [5.41, 5.74) is 0.258. The molecule has 0 aliphatic carbocycles. The van der Waals surface area contributed by atoms with Crippen molar-refractivity contribution in [3.8, 4) is 0 Å². The van der Waals surface area contributed by atoms with Gasteiger partial charge in [0.15, 0.2) is 0 Å². The van der Waals surface area contributed by atoms with Crippen LogP contribution in [0.5, 0.6) is 0 Å². The van der Waals surface area contributed by atoms with Crippen LogP contribution in [0.1, 0.15) is 5.56 Å². The van der Waals surface area contributed by atoms with Gasteiger partial charge in [-0.2, -0.15) is 0 Å². The lowest BCUT2D eigenvalue weighted by Gasteiger charge is -2.13. The summed E-state index contributed by atoms with van der Waals surface area (Å²) >= 11 is 10.7. The topological polar surface area (TPSA) is 52.8 Å². The van der Waals surface area contributed by atoms with E-state index in [9.17, 15) is 5.11 Å². The second-order valence-corrected chi connectivity index (χ2v) is 3.64. The molecule has 0 bridgehead atoms. The molecule has 0 aliphatic rings. The minimum absolute atomic E-state index is 0.198. The van der Waals surface area contributed by atoms with Crippen molar-refractivity contribution in [1.82, 2.24) is 0 Å². The summed E-state index contributed by atoms with van der Waals surface area (Å²) in [5, 5.41) is 20.6. The first-order valence-electron chi connectivity index (χ1n) is 3.44. The van der Waals surface area contributed by atoms with Crippen molar-refractivity contribution in [1.29, 1.82) is 0 Å². The highest BCUT2D eigenvalue weighted by molar-refractivity contribution is 6.59. The largest absolute Gasteiger partial charge is 0.410 e. The Bertz CT molecular complexity index is 306.